The molecule has 0 radical (unpaired) electrons. The molecule has 2 saturated heterocycles. The van der Waals surface area contributed by atoms with Gasteiger partial charge in [0.15, 0.2) is 0 Å². The van der Waals surface area contributed by atoms with Gasteiger partial charge >= 0.3 is 6.09 Å². The van der Waals surface area contributed by atoms with Crippen LogP contribution in [0.1, 0.15) is 27.2 Å². The van der Waals surface area contributed by atoms with Gasteiger partial charge in [-0.1, -0.05) is 0 Å². The van der Waals surface area contributed by atoms with Crippen LogP contribution in [0.15, 0.2) is 0 Å². The summed E-state index contributed by atoms with van der Waals surface area (Å²) in [6.07, 6.45) is 0.590. The van der Waals surface area contributed by atoms with Crippen LogP contribution in [-0.2, 0) is 14.2 Å². The van der Waals surface area contributed by atoms with Crippen molar-refractivity contribution >= 4 is 6.09 Å². The first kappa shape index (κ1) is 11.7. The molecule has 0 aliphatic carbocycles. The van der Waals surface area contributed by atoms with E-state index in [0.717, 1.165) is 13.0 Å². The maximum absolute atomic E-state index is 11.6. The van der Waals surface area contributed by atoms with Crippen molar-refractivity contribution in [3.05, 3.63) is 0 Å². The molecule has 5 heteroatoms. The molecule has 2 fully saturated rings. The normalized spacial score (nSPS) is 33.6. The number of carbonyl (C=O) groups excluding carboxylic acids is 1. The van der Waals surface area contributed by atoms with Crippen molar-refractivity contribution in [3.8, 4) is 0 Å². The minimum absolute atomic E-state index is 0.00693. The fourth-order valence-corrected chi connectivity index (χ4v) is 1.84. The molecular formula is C11H19NO4. The van der Waals surface area contributed by atoms with Crippen LogP contribution >= 0.6 is 0 Å². The summed E-state index contributed by atoms with van der Waals surface area (Å²) in [6.45, 7) is 6.94. The minimum atomic E-state index is -0.463. The lowest BCUT2D eigenvalue weighted by atomic mass is 10.1. The molecule has 3 atom stereocenters. The van der Waals surface area contributed by atoms with Crippen molar-refractivity contribution in [1.82, 2.24) is 5.32 Å². The zero-order valence-corrected chi connectivity index (χ0v) is 9.99. The molecular weight excluding hydrogens is 210 g/mol. The van der Waals surface area contributed by atoms with Gasteiger partial charge in [-0.2, -0.15) is 0 Å². The van der Waals surface area contributed by atoms with Gasteiger partial charge in [-0.3, -0.25) is 0 Å². The van der Waals surface area contributed by atoms with Gasteiger partial charge in [-0.25, -0.2) is 4.79 Å². The lowest BCUT2D eigenvalue weighted by Gasteiger charge is -2.23. The summed E-state index contributed by atoms with van der Waals surface area (Å²) in [5, 5.41) is 2.84. The molecule has 16 heavy (non-hydrogen) atoms. The molecule has 92 valence electrons. The van der Waals surface area contributed by atoms with E-state index in [-0.39, 0.29) is 24.3 Å². The van der Waals surface area contributed by atoms with Crippen LogP contribution in [0.2, 0.25) is 0 Å². The molecule has 0 aromatic carbocycles. The highest BCUT2D eigenvalue weighted by molar-refractivity contribution is 5.68. The molecule has 1 unspecified atom stereocenters. The first-order chi connectivity index (χ1) is 7.46. The van der Waals surface area contributed by atoms with Crippen LogP contribution in [0, 0.1) is 0 Å². The molecule has 2 aliphatic heterocycles. The Morgan fingerprint density at radius 2 is 2.06 bits per heavy atom. The van der Waals surface area contributed by atoms with Gasteiger partial charge in [0, 0.05) is 6.61 Å². The van der Waals surface area contributed by atoms with Gasteiger partial charge in [-0.15, -0.1) is 0 Å². The van der Waals surface area contributed by atoms with Gasteiger partial charge in [-0.05, 0) is 27.2 Å². The maximum atomic E-state index is 11.6. The first-order valence-electron chi connectivity index (χ1n) is 5.68. The van der Waals surface area contributed by atoms with E-state index in [1.807, 2.05) is 20.8 Å². The Balaban J connectivity index is 1.81. The number of nitrogens with one attached hydrogen (secondary N) is 1. The van der Waals surface area contributed by atoms with E-state index in [0.29, 0.717) is 6.61 Å². The Hall–Kier alpha value is -0.810. The third-order valence-electron chi connectivity index (χ3n) is 2.56. The Kier molecular flexibility index (Phi) is 3.08. The third-order valence-corrected chi connectivity index (χ3v) is 2.56. The minimum Gasteiger partial charge on any atom is -0.444 e. The zero-order valence-electron chi connectivity index (χ0n) is 9.99. The third kappa shape index (κ3) is 3.09. The van der Waals surface area contributed by atoms with E-state index >= 15 is 0 Å². The highest BCUT2D eigenvalue weighted by atomic mass is 16.6. The molecule has 1 N–H and O–H groups in total. The molecule has 0 spiro atoms. The highest BCUT2D eigenvalue weighted by Crippen LogP contribution is 2.26. The Morgan fingerprint density at radius 1 is 1.38 bits per heavy atom. The quantitative estimate of drug-likeness (QED) is 0.719. The summed E-state index contributed by atoms with van der Waals surface area (Å²) < 4.78 is 15.9. The number of hydrogen-bond donors (Lipinski definition) is 1. The van der Waals surface area contributed by atoms with Crippen LogP contribution < -0.4 is 5.32 Å². The van der Waals surface area contributed by atoms with Crippen molar-refractivity contribution in [1.29, 1.82) is 0 Å². The molecule has 0 bridgehead atoms. The second-order valence-electron chi connectivity index (χ2n) is 5.25. The first-order valence-corrected chi connectivity index (χ1v) is 5.68. The monoisotopic (exact) mass is 229 g/mol. The summed E-state index contributed by atoms with van der Waals surface area (Å²) in [4.78, 5) is 11.6. The Labute approximate surface area is 95.4 Å². The van der Waals surface area contributed by atoms with Gasteiger partial charge in [0.2, 0.25) is 0 Å². The summed E-state index contributed by atoms with van der Waals surface area (Å²) in [6, 6.07) is 0.0161. The standard InChI is InChI=1S/C11H19NO4/c1-11(2,3)16-10(13)12-7-4-5-14-9(7)8-6-15-8/h7-9H,4-6H2,1-3H3,(H,12,13)/t7-,8?,9-/m1/s1. The molecule has 0 aromatic rings. The lowest BCUT2D eigenvalue weighted by Crippen LogP contribution is -2.45. The fourth-order valence-electron chi connectivity index (χ4n) is 1.84. The summed E-state index contributed by atoms with van der Waals surface area (Å²) in [5.74, 6) is 0. The molecule has 1 amide bonds. The Morgan fingerprint density at radius 3 is 2.62 bits per heavy atom. The second-order valence-corrected chi connectivity index (χ2v) is 5.25. The number of epoxide rings is 1. The molecule has 0 saturated carbocycles. The predicted octanol–water partition coefficient (Wildman–Crippen LogP) is 1.07. The van der Waals surface area contributed by atoms with E-state index in [9.17, 15) is 4.79 Å². The Bertz CT molecular complexity index is 270. The van der Waals surface area contributed by atoms with Gasteiger partial charge in [0.05, 0.1) is 12.6 Å². The number of carbonyl (C=O) groups is 1. The molecule has 2 rings (SSSR count). The van der Waals surface area contributed by atoms with E-state index in [1.54, 1.807) is 0 Å². The van der Waals surface area contributed by atoms with E-state index in [2.05, 4.69) is 5.32 Å². The largest absolute Gasteiger partial charge is 0.444 e. The second kappa shape index (κ2) is 4.22. The molecule has 2 heterocycles. The topological polar surface area (TPSA) is 60.1 Å². The number of ether oxygens (including phenoxy) is 3. The van der Waals surface area contributed by atoms with Crippen molar-refractivity contribution in [2.24, 2.45) is 0 Å². The predicted molar refractivity (Wildman–Crippen MR) is 57.3 cm³/mol. The zero-order chi connectivity index (χ0) is 11.8. The van der Waals surface area contributed by atoms with Crippen LogP contribution in [-0.4, -0.2) is 43.2 Å². The fraction of sp³-hybridized carbons (Fsp3) is 0.909. The summed E-state index contributed by atoms with van der Waals surface area (Å²) in [5.41, 5.74) is -0.463. The van der Waals surface area contributed by atoms with Crippen LogP contribution in [0.25, 0.3) is 0 Å². The van der Waals surface area contributed by atoms with Gasteiger partial charge < -0.3 is 19.5 Å². The molecule has 2 aliphatic rings. The maximum Gasteiger partial charge on any atom is 0.407 e. The molecule has 5 nitrogen and oxygen atoms in total. The number of rotatable bonds is 2. The van der Waals surface area contributed by atoms with E-state index in [4.69, 9.17) is 14.2 Å². The van der Waals surface area contributed by atoms with Crippen LogP contribution in [0.3, 0.4) is 0 Å². The van der Waals surface area contributed by atoms with Gasteiger partial charge in [0.1, 0.15) is 17.8 Å². The van der Waals surface area contributed by atoms with Crippen molar-refractivity contribution in [2.75, 3.05) is 13.2 Å². The van der Waals surface area contributed by atoms with Crippen molar-refractivity contribution < 1.29 is 19.0 Å². The summed E-state index contributed by atoms with van der Waals surface area (Å²) >= 11 is 0. The summed E-state index contributed by atoms with van der Waals surface area (Å²) in [7, 11) is 0. The molecule has 0 aromatic heterocycles. The number of amides is 1. The van der Waals surface area contributed by atoms with Crippen LogP contribution in [0.4, 0.5) is 4.79 Å². The van der Waals surface area contributed by atoms with E-state index in [1.165, 1.54) is 0 Å². The lowest BCUT2D eigenvalue weighted by molar-refractivity contribution is 0.0410. The average Bonchev–Trinajstić information content (AvgIpc) is 2.85. The van der Waals surface area contributed by atoms with Gasteiger partial charge in [0.25, 0.3) is 0 Å². The highest BCUT2D eigenvalue weighted by Gasteiger charge is 2.43. The van der Waals surface area contributed by atoms with Crippen molar-refractivity contribution in [2.45, 2.75) is 51.0 Å². The number of alkyl carbamates (subject to hydrolysis) is 1. The van der Waals surface area contributed by atoms with E-state index < -0.39 is 5.60 Å². The average molecular weight is 229 g/mol. The smallest absolute Gasteiger partial charge is 0.407 e. The SMILES string of the molecule is CC(C)(C)OC(=O)N[C@@H]1CCO[C@H]1C1CO1. The van der Waals surface area contributed by atoms with Crippen molar-refractivity contribution in [3.63, 3.8) is 0 Å². The number of hydrogen-bond acceptors (Lipinski definition) is 4. The van der Waals surface area contributed by atoms with Crippen LogP contribution in [0.5, 0.6) is 0 Å².